The number of amides is 3. The van der Waals surface area contributed by atoms with Crippen LogP contribution in [0.4, 0.5) is 0 Å². The zero-order valence-electron chi connectivity index (χ0n) is 17.7. The summed E-state index contributed by atoms with van der Waals surface area (Å²) in [5, 5.41) is 8.15. The molecule has 3 rings (SSSR count). The normalized spacial score (nSPS) is 17.4. The molecule has 0 aliphatic carbocycles. The van der Waals surface area contributed by atoms with Crippen molar-refractivity contribution in [1.29, 1.82) is 0 Å². The van der Waals surface area contributed by atoms with Crippen LogP contribution in [-0.4, -0.2) is 42.6 Å². The van der Waals surface area contributed by atoms with Gasteiger partial charge in [0.2, 0.25) is 17.7 Å². The monoisotopic (exact) mass is 433 g/mol. The Morgan fingerprint density at radius 3 is 2.34 bits per heavy atom. The fourth-order valence-electron chi connectivity index (χ4n) is 3.62. The van der Waals surface area contributed by atoms with E-state index < -0.39 is 23.9 Å². The second-order valence-corrected chi connectivity index (χ2v) is 7.76. The van der Waals surface area contributed by atoms with Crippen molar-refractivity contribution >= 4 is 30.1 Å². The van der Waals surface area contributed by atoms with Gasteiger partial charge in [-0.3, -0.25) is 14.4 Å². The van der Waals surface area contributed by atoms with Gasteiger partial charge in [0, 0.05) is 25.0 Å². The molecule has 3 amide bonds. The van der Waals surface area contributed by atoms with Crippen molar-refractivity contribution in [3.05, 3.63) is 77.9 Å². The molecule has 2 aromatic rings. The zero-order chi connectivity index (χ0) is 22.8. The molecule has 0 bridgehead atoms. The minimum Gasteiger partial charge on any atom is -0.356 e. The highest BCUT2D eigenvalue weighted by molar-refractivity contribution is 5.96. The first-order valence-electron chi connectivity index (χ1n) is 10.7. The van der Waals surface area contributed by atoms with Crippen LogP contribution in [0.1, 0.15) is 24.0 Å². The van der Waals surface area contributed by atoms with Gasteiger partial charge in [0.1, 0.15) is 12.3 Å². The summed E-state index contributed by atoms with van der Waals surface area (Å²) < 4.78 is 0. The van der Waals surface area contributed by atoms with Crippen molar-refractivity contribution in [3.63, 3.8) is 0 Å². The Morgan fingerprint density at radius 1 is 1.03 bits per heavy atom. The Kier molecular flexibility index (Phi) is 8.31. The van der Waals surface area contributed by atoms with Crippen LogP contribution in [-0.2, 0) is 25.6 Å². The molecule has 0 spiro atoms. The second kappa shape index (κ2) is 11.6. The van der Waals surface area contributed by atoms with Gasteiger partial charge in [0.05, 0.1) is 6.04 Å². The second-order valence-electron chi connectivity index (χ2n) is 7.76. The fourth-order valence-corrected chi connectivity index (χ4v) is 3.62. The van der Waals surface area contributed by atoms with Gasteiger partial charge in [-0.05, 0) is 30.0 Å². The summed E-state index contributed by atoms with van der Waals surface area (Å²) in [5.41, 5.74) is 1.74. The fraction of sp³-hybridized carbons (Fsp3) is 0.280. The minimum absolute atomic E-state index is 0.105. The van der Waals surface area contributed by atoms with E-state index in [2.05, 4.69) is 16.0 Å². The lowest BCUT2D eigenvalue weighted by atomic mass is 9.98. The highest BCUT2D eigenvalue weighted by atomic mass is 16.2. The van der Waals surface area contributed by atoms with Gasteiger partial charge in [-0.1, -0.05) is 60.7 Å². The third kappa shape index (κ3) is 6.91. The van der Waals surface area contributed by atoms with E-state index in [9.17, 15) is 19.2 Å². The molecule has 2 aromatic carbocycles. The maximum atomic E-state index is 13.0. The summed E-state index contributed by atoms with van der Waals surface area (Å²) in [6.45, 7) is 0.573. The van der Waals surface area contributed by atoms with E-state index in [1.807, 2.05) is 60.7 Å². The number of aldehydes is 1. The molecule has 1 fully saturated rings. The van der Waals surface area contributed by atoms with Crippen LogP contribution in [0.15, 0.2) is 66.7 Å². The molecule has 1 saturated heterocycles. The smallest absolute Gasteiger partial charge is 0.244 e. The van der Waals surface area contributed by atoms with Crippen LogP contribution in [0.5, 0.6) is 0 Å². The predicted molar refractivity (Wildman–Crippen MR) is 121 cm³/mol. The summed E-state index contributed by atoms with van der Waals surface area (Å²) in [5.74, 6) is -1.29. The van der Waals surface area contributed by atoms with Crippen molar-refractivity contribution in [2.24, 2.45) is 5.92 Å². The lowest BCUT2D eigenvalue weighted by Crippen LogP contribution is -2.51. The molecular formula is C25H27N3O4. The molecule has 166 valence electrons. The van der Waals surface area contributed by atoms with Crippen LogP contribution in [0.25, 0.3) is 6.08 Å². The summed E-state index contributed by atoms with van der Waals surface area (Å²) in [6, 6.07) is 17.0. The lowest BCUT2D eigenvalue weighted by Gasteiger charge is -2.21. The molecule has 0 radical (unpaired) electrons. The van der Waals surface area contributed by atoms with E-state index in [0.29, 0.717) is 19.3 Å². The molecule has 3 N–H and O–H groups in total. The first-order valence-corrected chi connectivity index (χ1v) is 10.7. The Bertz CT molecular complexity index is 960. The predicted octanol–water partition coefficient (Wildman–Crippen LogP) is 1.64. The van der Waals surface area contributed by atoms with Crippen LogP contribution in [0, 0.1) is 5.92 Å². The van der Waals surface area contributed by atoms with E-state index >= 15 is 0 Å². The summed E-state index contributed by atoms with van der Waals surface area (Å²) in [7, 11) is 0. The zero-order valence-corrected chi connectivity index (χ0v) is 17.7. The van der Waals surface area contributed by atoms with Crippen molar-refractivity contribution in [2.45, 2.75) is 31.3 Å². The van der Waals surface area contributed by atoms with E-state index in [0.717, 1.165) is 11.1 Å². The summed E-state index contributed by atoms with van der Waals surface area (Å²) in [6.07, 6.45) is 4.82. The largest absolute Gasteiger partial charge is 0.356 e. The maximum Gasteiger partial charge on any atom is 0.244 e. The molecule has 1 aliphatic heterocycles. The third-order valence-corrected chi connectivity index (χ3v) is 5.34. The van der Waals surface area contributed by atoms with Crippen molar-refractivity contribution in [1.82, 2.24) is 16.0 Å². The van der Waals surface area contributed by atoms with Crippen LogP contribution < -0.4 is 16.0 Å². The number of hydrogen-bond acceptors (Lipinski definition) is 4. The summed E-state index contributed by atoms with van der Waals surface area (Å²) in [4.78, 5) is 48.8. The quantitative estimate of drug-likeness (QED) is 0.391. The molecule has 3 atom stereocenters. The van der Waals surface area contributed by atoms with Gasteiger partial charge in [-0.2, -0.15) is 0 Å². The molecule has 0 unspecified atom stereocenters. The standard InChI is InChI=1S/C25H27N3O4/c29-17-21(16-20-13-14-26-24(20)31)27-25(32)22(15-19-9-5-2-6-10-19)28-23(30)12-11-18-7-3-1-4-8-18/h1-12,17,20-22H,13-16H2,(H,26,31)(H,27,32)(H,28,30)/t20-,21-,22-/m0/s1. The molecule has 1 heterocycles. The van der Waals surface area contributed by atoms with Gasteiger partial charge in [0.25, 0.3) is 0 Å². The number of benzene rings is 2. The minimum atomic E-state index is -0.870. The van der Waals surface area contributed by atoms with Gasteiger partial charge < -0.3 is 20.7 Å². The highest BCUT2D eigenvalue weighted by Crippen LogP contribution is 2.15. The van der Waals surface area contributed by atoms with E-state index in [4.69, 9.17) is 0 Å². The van der Waals surface area contributed by atoms with Crippen molar-refractivity contribution in [3.8, 4) is 0 Å². The van der Waals surface area contributed by atoms with Gasteiger partial charge in [-0.25, -0.2) is 0 Å². The maximum absolute atomic E-state index is 13.0. The van der Waals surface area contributed by atoms with Crippen LogP contribution in [0.3, 0.4) is 0 Å². The van der Waals surface area contributed by atoms with Crippen molar-refractivity contribution < 1.29 is 19.2 Å². The average molecular weight is 434 g/mol. The van der Waals surface area contributed by atoms with Gasteiger partial charge >= 0.3 is 0 Å². The molecule has 0 aromatic heterocycles. The average Bonchev–Trinajstić information content (AvgIpc) is 3.22. The van der Waals surface area contributed by atoms with Gasteiger partial charge in [-0.15, -0.1) is 0 Å². The number of rotatable bonds is 10. The number of carbonyl (C=O) groups excluding carboxylic acids is 4. The van der Waals surface area contributed by atoms with Crippen LogP contribution >= 0.6 is 0 Å². The molecule has 1 aliphatic rings. The SMILES string of the molecule is O=C[C@H](C[C@@H]1CCNC1=O)NC(=O)[C@H](Cc1ccccc1)NC(=O)C=Cc1ccccc1. The van der Waals surface area contributed by atoms with E-state index in [1.165, 1.54) is 6.08 Å². The Morgan fingerprint density at radius 2 is 1.72 bits per heavy atom. The Labute approximate surface area is 187 Å². The number of carbonyl (C=O) groups is 4. The van der Waals surface area contributed by atoms with Crippen LogP contribution in [0.2, 0.25) is 0 Å². The first kappa shape index (κ1) is 22.9. The molecule has 0 saturated carbocycles. The van der Waals surface area contributed by atoms with Gasteiger partial charge in [0.15, 0.2) is 0 Å². The van der Waals surface area contributed by atoms with E-state index in [-0.39, 0.29) is 24.7 Å². The molecule has 32 heavy (non-hydrogen) atoms. The number of hydrogen-bond donors (Lipinski definition) is 3. The molecule has 7 heteroatoms. The molecule has 7 nitrogen and oxygen atoms in total. The summed E-state index contributed by atoms with van der Waals surface area (Å²) >= 11 is 0. The van der Waals surface area contributed by atoms with Crippen molar-refractivity contribution in [2.75, 3.05) is 6.54 Å². The highest BCUT2D eigenvalue weighted by Gasteiger charge is 2.29. The Balaban J connectivity index is 1.67. The Hall–Kier alpha value is -3.74. The topological polar surface area (TPSA) is 104 Å². The number of nitrogens with one attached hydrogen (secondary N) is 3. The molecular weight excluding hydrogens is 406 g/mol. The first-order chi connectivity index (χ1) is 15.5. The third-order valence-electron chi connectivity index (χ3n) is 5.34. The van der Waals surface area contributed by atoms with E-state index in [1.54, 1.807) is 6.08 Å². The lowest BCUT2D eigenvalue weighted by molar-refractivity contribution is -0.129.